The molecule has 134 valence electrons. The Hall–Kier alpha value is -2.32. The molecule has 0 radical (unpaired) electrons. The number of aryl methyl sites for hydroxylation is 2. The molecule has 9 heteroatoms. The number of halogens is 1. The summed E-state index contributed by atoms with van der Waals surface area (Å²) in [5, 5.41) is 4.63. The zero-order valence-electron chi connectivity index (χ0n) is 13.7. The van der Waals surface area contributed by atoms with Crippen LogP contribution in [0.5, 0.6) is 0 Å². The normalized spacial score (nSPS) is 13.1. The van der Waals surface area contributed by atoms with Gasteiger partial charge >= 0.3 is 5.69 Å². The lowest BCUT2D eigenvalue weighted by atomic mass is 10.1. The van der Waals surface area contributed by atoms with Crippen LogP contribution in [0.25, 0.3) is 0 Å². The van der Waals surface area contributed by atoms with Crippen molar-refractivity contribution in [3.8, 4) is 0 Å². The summed E-state index contributed by atoms with van der Waals surface area (Å²) in [7, 11) is 0. The molecule has 1 aliphatic rings. The zero-order chi connectivity index (χ0) is 18.1. The fourth-order valence-electron chi connectivity index (χ4n) is 2.83. The minimum Gasteiger partial charge on any atom is -0.337 e. The summed E-state index contributed by atoms with van der Waals surface area (Å²) < 4.78 is 6.32. The predicted molar refractivity (Wildman–Crippen MR) is 98.6 cm³/mol. The summed E-state index contributed by atoms with van der Waals surface area (Å²) in [6.07, 6.45) is 1.34. The van der Waals surface area contributed by atoms with Gasteiger partial charge in [-0.2, -0.15) is 16.7 Å². The first-order valence-electron chi connectivity index (χ1n) is 8.08. The van der Waals surface area contributed by atoms with Crippen LogP contribution in [0.3, 0.4) is 0 Å². The van der Waals surface area contributed by atoms with Crippen LogP contribution in [0.15, 0.2) is 38.4 Å². The summed E-state index contributed by atoms with van der Waals surface area (Å²) >= 11 is 7.48. The smallest absolute Gasteiger partial charge is 0.329 e. The number of thioether (sulfide) groups is 1. The highest BCUT2D eigenvalue weighted by molar-refractivity contribution is 7.98. The Labute approximate surface area is 157 Å². The maximum absolute atomic E-state index is 12.5. The number of benzene rings is 1. The molecule has 7 nitrogen and oxygen atoms in total. The molecule has 0 bridgehead atoms. The van der Waals surface area contributed by atoms with Crippen molar-refractivity contribution in [3.05, 3.63) is 78.7 Å². The Balaban J connectivity index is 1.48. The van der Waals surface area contributed by atoms with Gasteiger partial charge in [-0.3, -0.25) is 9.36 Å². The number of nitrogens with one attached hydrogen (secondary N) is 1. The zero-order valence-corrected chi connectivity index (χ0v) is 15.3. The van der Waals surface area contributed by atoms with Gasteiger partial charge in [0.25, 0.3) is 5.56 Å². The van der Waals surface area contributed by atoms with E-state index in [1.54, 1.807) is 11.8 Å². The minimum atomic E-state index is -0.447. The molecule has 0 atom stereocenters. The van der Waals surface area contributed by atoms with Crippen molar-refractivity contribution in [2.75, 3.05) is 0 Å². The van der Waals surface area contributed by atoms with Gasteiger partial charge in [-0.05, 0) is 24.1 Å². The summed E-state index contributed by atoms with van der Waals surface area (Å²) in [6, 6.07) is 7.57. The van der Waals surface area contributed by atoms with Crippen molar-refractivity contribution >= 4 is 23.4 Å². The van der Waals surface area contributed by atoms with Gasteiger partial charge in [0.2, 0.25) is 5.89 Å². The number of fused-ring (bicyclic) bond motifs is 1. The van der Waals surface area contributed by atoms with E-state index in [0.29, 0.717) is 34.3 Å². The molecule has 3 heterocycles. The van der Waals surface area contributed by atoms with E-state index in [-0.39, 0.29) is 18.0 Å². The number of H-pyrrole nitrogens is 1. The molecule has 1 aliphatic heterocycles. The minimum absolute atomic E-state index is 0.0277. The Morgan fingerprint density at radius 3 is 2.81 bits per heavy atom. The first-order valence-corrected chi connectivity index (χ1v) is 9.62. The molecule has 2 aromatic heterocycles. The van der Waals surface area contributed by atoms with E-state index in [0.717, 1.165) is 22.2 Å². The lowest BCUT2D eigenvalue weighted by molar-refractivity contribution is 0.362. The molecule has 26 heavy (non-hydrogen) atoms. The van der Waals surface area contributed by atoms with Crippen LogP contribution in [0.4, 0.5) is 0 Å². The quantitative estimate of drug-likeness (QED) is 0.717. The maximum Gasteiger partial charge on any atom is 0.329 e. The molecule has 1 N–H and O–H groups in total. The lowest BCUT2D eigenvalue weighted by Crippen LogP contribution is -2.37. The molecule has 0 saturated heterocycles. The lowest BCUT2D eigenvalue weighted by Gasteiger charge is -2.03. The number of aromatic nitrogens is 4. The fraction of sp³-hybridized carbons (Fsp3) is 0.294. The van der Waals surface area contributed by atoms with Gasteiger partial charge in [-0.15, -0.1) is 0 Å². The highest BCUT2D eigenvalue weighted by atomic mass is 35.5. The third-order valence-electron chi connectivity index (χ3n) is 4.22. The molecule has 0 amide bonds. The van der Waals surface area contributed by atoms with Crippen molar-refractivity contribution < 1.29 is 4.52 Å². The molecule has 0 unspecified atom stereocenters. The highest BCUT2D eigenvalue weighted by Crippen LogP contribution is 2.24. The number of nitrogens with zero attached hydrogens (tertiary/aromatic N) is 3. The number of aromatic amines is 1. The van der Waals surface area contributed by atoms with Crippen LogP contribution in [0.2, 0.25) is 5.02 Å². The van der Waals surface area contributed by atoms with Gasteiger partial charge < -0.3 is 9.51 Å². The van der Waals surface area contributed by atoms with E-state index < -0.39 is 5.69 Å². The van der Waals surface area contributed by atoms with Crippen LogP contribution >= 0.6 is 23.4 Å². The van der Waals surface area contributed by atoms with Crippen molar-refractivity contribution in [2.24, 2.45) is 0 Å². The van der Waals surface area contributed by atoms with Gasteiger partial charge in [-0.1, -0.05) is 28.9 Å². The summed E-state index contributed by atoms with van der Waals surface area (Å²) in [4.78, 5) is 31.7. The van der Waals surface area contributed by atoms with Crippen molar-refractivity contribution in [3.63, 3.8) is 0 Å². The largest absolute Gasteiger partial charge is 0.337 e. The average molecular weight is 391 g/mol. The van der Waals surface area contributed by atoms with Crippen molar-refractivity contribution in [1.82, 2.24) is 19.7 Å². The first kappa shape index (κ1) is 17.1. The second-order valence-corrected chi connectivity index (χ2v) is 7.42. The molecule has 0 fully saturated rings. The SMILES string of the molecule is O=c1[nH]c2c(c(=O)n1Cc1nc(CCc3ccc(Cl)cc3)no1)CSC2. The van der Waals surface area contributed by atoms with Crippen LogP contribution in [0, 0.1) is 0 Å². The second-order valence-electron chi connectivity index (χ2n) is 6.00. The molecule has 0 spiro atoms. The summed E-state index contributed by atoms with van der Waals surface area (Å²) in [5.74, 6) is 2.06. The summed E-state index contributed by atoms with van der Waals surface area (Å²) in [6.45, 7) is -0.0277. The first-order chi connectivity index (χ1) is 12.6. The topological polar surface area (TPSA) is 93.8 Å². The third kappa shape index (κ3) is 3.47. The van der Waals surface area contributed by atoms with Crippen molar-refractivity contribution in [2.45, 2.75) is 30.9 Å². The van der Waals surface area contributed by atoms with Crippen molar-refractivity contribution in [1.29, 1.82) is 0 Å². The Bertz CT molecular complexity index is 1060. The van der Waals surface area contributed by atoms with Gasteiger partial charge in [0.1, 0.15) is 6.54 Å². The summed E-state index contributed by atoms with van der Waals surface area (Å²) in [5.41, 5.74) is 1.75. The van der Waals surface area contributed by atoms with E-state index >= 15 is 0 Å². The van der Waals surface area contributed by atoms with Gasteiger partial charge in [0, 0.05) is 34.2 Å². The molecule has 0 saturated carbocycles. The Morgan fingerprint density at radius 1 is 1.19 bits per heavy atom. The molecule has 3 aromatic rings. The standard InChI is InChI=1S/C17H15ClN4O3S/c18-11-4-1-10(2-5-11)3-6-14-20-15(25-21-14)7-22-16(23)12-8-26-9-13(12)19-17(22)24/h1-2,4-5H,3,6-9H2,(H,19,24). The molecular formula is C17H15ClN4O3S. The Morgan fingerprint density at radius 2 is 2.00 bits per heavy atom. The van der Waals surface area contributed by atoms with Crippen LogP contribution in [-0.2, 0) is 30.9 Å². The van der Waals surface area contributed by atoms with Gasteiger partial charge in [0.05, 0.1) is 0 Å². The molecular weight excluding hydrogens is 376 g/mol. The monoisotopic (exact) mass is 390 g/mol. The molecule has 1 aromatic carbocycles. The van der Waals surface area contributed by atoms with Gasteiger partial charge in [0.15, 0.2) is 5.82 Å². The van der Waals surface area contributed by atoms with Crippen LogP contribution in [-0.4, -0.2) is 19.7 Å². The average Bonchev–Trinajstić information content (AvgIpc) is 3.27. The van der Waals surface area contributed by atoms with E-state index in [2.05, 4.69) is 15.1 Å². The molecule has 0 aliphatic carbocycles. The van der Waals surface area contributed by atoms with Crippen LogP contribution in [0.1, 0.15) is 28.5 Å². The van der Waals surface area contributed by atoms with Gasteiger partial charge in [-0.25, -0.2) is 4.79 Å². The van der Waals surface area contributed by atoms with E-state index in [4.69, 9.17) is 16.1 Å². The Kier molecular flexibility index (Phi) is 4.69. The number of rotatable bonds is 5. The van der Waals surface area contributed by atoms with E-state index in [1.165, 1.54) is 0 Å². The van der Waals surface area contributed by atoms with E-state index in [9.17, 15) is 9.59 Å². The fourth-order valence-corrected chi connectivity index (χ4v) is 4.01. The van der Waals surface area contributed by atoms with Crippen LogP contribution < -0.4 is 11.2 Å². The second kappa shape index (κ2) is 7.13. The highest BCUT2D eigenvalue weighted by Gasteiger charge is 2.20. The number of hydrogen-bond donors (Lipinski definition) is 1. The third-order valence-corrected chi connectivity index (χ3v) is 5.45. The molecule has 4 rings (SSSR count). The predicted octanol–water partition coefficient (Wildman–Crippen LogP) is 2.15. The maximum atomic E-state index is 12.5. The van der Waals surface area contributed by atoms with E-state index in [1.807, 2.05) is 24.3 Å². The number of hydrogen-bond acceptors (Lipinski definition) is 6.